The van der Waals surface area contributed by atoms with E-state index in [0.717, 1.165) is 0 Å². The SMILES string of the molecule is COc1ccc([N+](=O)[O-])c(C(=N)N)c1. The molecule has 1 aromatic rings. The lowest BCUT2D eigenvalue weighted by Gasteiger charge is -2.03. The van der Waals surface area contributed by atoms with Crippen molar-refractivity contribution in [1.29, 1.82) is 5.41 Å². The molecule has 1 rings (SSSR count). The lowest BCUT2D eigenvalue weighted by Crippen LogP contribution is -2.13. The summed E-state index contributed by atoms with van der Waals surface area (Å²) < 4.78 is 4.86. The van der Waals surface area contributed by atoms with Gasteiger partial charge in [0.2, 0.25) is 0 Å². The average molecular weight is 195 g/mol. The third-order valence-electron chi connectivity index (χ3n) is 1.69. The number of nitrogen functional groups attached to an aromatic ring is 1. The average Bonchev–Trinajstić information content (AvgIpc) is 2.16. The third-order valence-corrected chi connectivity index (χ3v) is 1.69. The van der Waals surface area contributed by atoms with Crippen LogP contribution < -0.4 is 10.5 Å². The molecular formula is C8H9N3O3. The van der Waals surface area contributed by atoms with Gasteiger partial charge in [0.15, 0.2) is 0 Å². The van der Waals surface area contributed by atoms with Crippen LogP contribution in [0.15, 0.2) is 18.2 Å². The van der Waals surface area contributed by atoms with Gasteiger partial charge in [-0.2, -0.15) is 0 Å². The Morgan fingerprint density at radius 1 is 1.64 bits per heavy atom. The smallest absolute Gasteiger partial charge is 0.280 e. The summed E-state index contributed by atoms with van der Waals surface area (Å²) in [5.41, 5.74) is 5.07. The van der Waals surface area contributed by atoms with Crippen molar-refractivity contribution in [2.45, 2.75) is 0 Å². The molecule has 3 N–H and O–H groups in total. The maximum Gasteiger partial charge on any atom is 0.280 e. The first-order chi connectivity index (χ1) is 6.56. The molecule has 0 saturated heterocycles. The molecule has 6 heteroatoms. The van der Waals surface area contributed by atoms with Crippen molar-refractivity contribution in [2.75, 3.05) is 7.11 Å². The maximum absolute atomic E-state index is 10.5. The van der Waals surface area contributed by atoms with E-state index in [1.54, 1.807) is 0 Å². The van der Waals surface area contributed by atoms with Gasteiger partial charge in [-0.1, -0.05) is 0 Å². The lowest BCUT2D eigenvalue weighted by atomic mass is 10.1. The Bertz CT molecular complexity index is 389. The molecule has 14 heavy (non-hydrogen) atoms. The summed E-state index contributed by atoms with van der Waals surface area (Å²) in [6.45, 7) is 0. The molecule has 0 aliphatic carbocycles. The van der Waals surface area contributed by atoms with E-state index in [9.17, 15) is 10.1 Å². The summed E-state index contributed by atoms with van der Waals surface area (Å²) in [7, 11) is 1.44. The lowest BCUT2D eigenvalue weighted by molar-refractivity contribution is -0.385. The number of nitro benzene ring substituents is 1. The molecule has 1 aromatic carbocycles. The predicted molar refractivity (Wildman–Crippen MR) is 50.7 cm³/mol. The highest BCUT2D eigenvalue weighted by Gasteiger charge is 2.16. The Morgan fingerprint density at radius 3 is 2.71 bits per heavy atom. The van der Waals surface area contributed by atoms with Gasteiger partial charge >= 0.3 is 0 Å². The fourth-order valence-corrected chi connectivity index (χ4v) is 1.02. The number of nitrogens with two attached hydrogens (primary N) is 1. The number of nitrogens with zero attached hydrogens (tertiary/aromatic N) is 1. The van der Waals surface area contributed by atoms with Crippen LogP contribution in [0, 0.1) is 15.5 Å². The Morgan fingerprint density at radius 2 is 2.29 bits per heavy atom. The second-order valence-electron chi connectivity index (χ2n) is 2.55. The zero-order valence-electron chi connectivity index (χ0n) is 7.48. The van der Waals surface area contributed by atoms with Crippen LogP contribution in [-0.2, 0) is 0 Å². The topological polar surface area (TPSA) is 102 Å². The third kappa shape index (κ3) is 1.79. The molecule has 0 radical (unpaired) electrons. The molecule has 0 heterocycles. The van der Waals surface area contributed by atoms with Crippen molar-refractivity contribution in [2.24, 2.45) is 5.73 Å². The van der Waals surface area contributed by atoms with Crippen molar-refractivity contribution < 1.29 is 9.66 Å². The number of hydrogen-bond donors (Lipinski definition) is 2. The van der Waals surface area contributed by atoms with Gasteiger partial charge in [0.25, 0.3) is 5.69 Å². The molecule has 0 aliphatic rings. The summed E-state index contributed by atoms with van der Waals surface area (Å²) in [6, 6.07) is 4.07. The summed E-state index contributed by atoms with van der Waals surface area (Å²) in [6.07, 6.45) is 0. The van der Waals surface area contributed by atoms with Crippen LogP contribution in [0.25, 0.3) is 0 Å². The molecule has 6 nitrogen and oxygen atoms in total. The maximum atomic E-state index is 10.5. The molecule has 0 bridgehead atoms. The van der Waals surface area contributed by atoms with Crippen molar-refractivity contribution >= 4 is 11.5 Å². The van der Waals surface area contributed by atoms with Gasteiger partial charge in [-0.15, -0.1) is 0 Å². The first kappa shape index (κ1) is 9.97. The Hall–Kier alpha value is -2.11. The molecule has 0 aromatic heterocycles. The van der Waals surface area contributed by atoms with Gasteiger partial charge in [0.1, 0.15) is 11.6 Å². The predicted octanol–water partition coefficient (Wildman–Crippen LogP) is 0.887. The first-order valence-electron chi connectivity index (χ1n) is 3.73. The van der Waals surface area contributed by atoms with Crippen molar-refractivity contribution in [1.82, 2.24) is 0 Å². The van der Waals surface area contributed by atoms with Crippen LogP contribution in [-0.4, -0.2) is 17.9 Å². The summed E-state index contributed by atoms with van der Waals surface area (Å²) in [4.78, 5) is 9.95. The monoisotopic (exact) mass is 195 g/mol. The number of amidine groups is 1. The van der Waals surface area contributed by atoms with Gasteiger partial charge < -0.3 is 10.5 Å². The van der Waals surface area contributed by atoms with Gasteiger partial charge in [-0.05, 0) is 12.1 Å². The van der Waals surface area contributed by atoms with Crippen LogP contribution in [0.5, 0.6) is 5.75 Å². The van der Waals surface area contributed by atoms with Crippen molar-refractivity contribution in [3.63, 3.8) is 0 Å². The summed E-state index contributed by atoms with van der Waals surface area (Å²) in [5.74, 6) is 0.0800. The highest BCUT2D eigenvalue weighted by atomic mass is 16.6. The Labute approximate surface area is 80.0 Å². The van der Waals surface area contributed by atoms with Crippen LogP contribution in [0.4, 0.5) is 5.69 Å². The fourth-order valence-electron chi connectivity index (χ4n) is 1.02. The van der Waals surface area contributed by atoms with Crippen molar-refractivity contribution in [3.8, 4) is 5.75 Å². The van der Waals surface area contributed by atoms with Gasteiger partial charge in [-0.3, -0.25) is 15.5 Å². The molecule has 0 atom stereocenters. The highest BCUT2D eigenvalue weighted by molar-refractivity contribution is 5.99. The zero-order valence-corrected chi connectivity index (χ0v) is 7.48. The van der Waals surface area contributed by atoms with E-state index >= 15 is 0 Å². The number of rotatable bonds is 3. The highest BCUT2D eigenvalue weighted by Crippen LogP contribution is 2.23. The van der Waals surface area contributed by atoms with E-state index in [1.165, 1.54) is 25.3 Å². The number of hydrogen-bond acceptors (Lipinski definition) is 4. The van der Waals surface area contributed by atoms with Crippen LogP contribution in [0.2, 0.25) is 0 Å². The van der Waals surface area contributed by atoms with E-state index < -0.39 is 4.92 Å². The first-order valence-corrected chi connectivity index (χ1v) is 3.73. The molecule has 74 valence electrons. The molecular weight excluding hydrogens is 186 g/mol. The molecule has 0 fully saturated rings. The number of methoxy groups -OCH3 is 1. The van der Waals surface area contributed by atoms with Gasteiger partial charge in [-0.25, -0.2) is 0 Å². The second kappa shape index (κ2) is 3.73. The molecule has 0 aliphatic heterocycles. The minimum absolute atomic E-state index is 0.0642. The zero-order chi connectivity index (χ0) is 10.7. The number of benzene rings is 1. The molecule has 0 unspecified atom stereocenters. The Balaban J connectivity index is 3.31. The summed E-state index contributed by atoms with van der Waals surface area (Å²) >= 11 is 0. The van der Waals surface area contributed by atoms with Crippen LogP contribution in [0.3, 0.4) is 0 Å². The second-order valence-corrected chi connectivity index (χ2v) is 2.55. The quantitative estimate of drug-likeness (QED) is 0.323. The van der Waals surface area contributed by atoms with E-state index in [-0.39, 0.29) is 17.1 Å². The standard InChI is InChI=1S/C8H9N3O3/c1-14-5-2-3-7(11(12)13)6(4-5)8(9)10/h2-4H,1H3,(H3,9,10). The van der Waals surface area contributed by atoms with Gasteiger partial charge in [0, 0.05) is 6.07 Å². The normalized spacial score (nSPS) is 9.50. The van der Waals surface area contributed by atoms with Crippen molar-refractivity contribution in [3.05, 3.63) is 33.9 Å². The van der Waals surface area contributed by atoms with E-state index in [2.05, 4.69) is 0 Å². The largest absolute Gasteiger partial charge is 0.497 e. The van der Waals surface area contributed by atoms with Crippen LogP contribution in [0.1, 0.15) is 5.56 Å². The van der Waals surface area contributed by atoms with E-state index in [1.807, 2.05) is 0 Å². The van der Waals surface area contributed by atoms with Gasteiger partial charge in [0.05, 0.1) is 17.6 Å². The van der Waals surface area contributed by atoms with E-state index in [4.69, 9.17) is 15.9 Å². The van der Waals surface area contributed by atoms with Crippen LogP contribution >= 0.6 is 0 Å². The molecule has 0 saturated carbocycles. The minimum atomic E-state index is -0.587. The number of ether oxygens (including phenoxy) is 1. The number of nitrogens with one attached hydrogen (secondary N) is 1. The number of nitro groups is 1. The van der Waals surface area contributed by atoms with E-state index in [0.29, 0.717) is 5.75 Å². The Kier molecular flexibility index (Phi) is 2.66. The summed E-state index contributed by atoms with van der Waals surface area (Å²) in [5, 5.41) is 17.7. The minimum Gasteiger partial charge on any atom is -0.497 e. The molecule has 0 spiro atoms. The molecule has 0 amide bonds. The fraction of sp³-hybridized carbons (Fsp3) is 0.125.